The fourth-order valence-electron chi connectivity index (χ4n) is 3.46. The number of likely N-dealkylation sites (N-methyl/N-ethyl adjacent to an activating group) is 1. The van der Waals surface area contributed by atoms with Crippen LogP contribution in [-0.4, -0.2) is 49.9 Å². The molecule has 2 heterocycles. The normalized spacial score (nSPS) is 16.8. The molecule has 2 aromatic carbocycles. The van der Waals surface area contributed by atoms with E-state index in [-0.39, 0.29) is 16.9 Å². The molecule has 1 atom stereocenters. The zero-order valence-electron chi connectivity index (χ0n) is 17.1. The van der Waals surface area contributed by atoms with Gasteiger partial charge in [-0.3, -0.25) is 10.1 Å². The van der Waals surface area contributed by atoms with E-state index in [9.17, 15) is 13.2 Å². The van der Waals surface area contributed by atoms with Gasteiger partial charge < -0.3 is 4.74 Å². The van der Waals surface area contributed by atoms with Crippen molar-refractivity contribution < 1.29 is 17.9 Å². The monoisotopic (exact) mass is 479 g/mol. The third-order valence-corrected chi connectivity index (χ3v) is 8.50. The van der Waals surface area contributed by atoms with Gasteiger partial charge in [0.2, 0.25) is 10.0 Å². The van der Waals surface area contributed by atoms with Gasteiger partial charge in [-0.05, 0) is 55.7 Å². The van der Waals surface area contributed by atoms with Gasteiger partial charge in [-0.1, -0.05) is 29.0 Å². The lowest BCUT2D eigenvalue weighted by Gasteiger charge is -2.20. The Balaban J connectivity index is 1.48. The molecule has 0 radical (unpaired) electrons. The maximum atomic E-state index is 12.8. The summed E-state index contributed by atoms with van der Waals surface area (Å²) in [6.07, 6.45) is 1.73. The zero-order valence-corrected chi connectivity index (χ0v) is 19.5. The number of thiazole rings is 1. The summed E-state index contributed by atoms with van der Waals surface area (Å²) in [7, 11) is -2.12. The number of rotatable bonds is 6. The van der Waals surface area contributed by atoms with Crippen LogP contribution in [0.15, 0.2) is 41.3 Å². The summed E-state index contributed by atoms with van der Waals surface area (Å²) < 4.78 is 33.2. The van der Waals surface area contributed by atoms with Crippen molar-refractivity contribution in [3.8, 4) is 0 Å². The van der Waals surface area contributed by atoms with E-state index in [4.69, 9.17) is 16.3 Å². The van der Waals surface area contributed by atoms with Gasteiger partial charge in [0, 0.05) is 25.8 Å². The first-order valence-electron chi connectivity index (χ1n) is 9.80. The summed E-state index contributed by atoms with van der Waals surface area (Å²) in [6, 6.07) is 9.55. The van der Waals surface area contributed by atoms with Crippen molar-refractivity contribution in [1.29, 1.82) is 0 Å². The van der Waals surface area contributed by atoms with Crippen LogP contribution in [0, 0.1) is 6.92 Å². The quantitative estimate of drug-likeness (QED) is 0.569. The molecule has 10 heteroatoms. The fourth-order valence-corrected chi connectivity index (χ4v) is 5.87. The van der Waals surface area contributed by atoms with E-state index in [1.807, 2.05) is 13.0 Å². The van der Waals surface area contributed by atoms with E-state index in [1.165, 1.54) is 47.0 Å². The van der Waals surface area contributed by atoms with E-state index < -0.39 is 10.0 Å². The highest BCUT2D eigenvalue weighted by atomic mass is 35.5. The Labute approximate surface area is 190 Å². The fraction of sp³-hybridized carbons (Fsp3) is 0.333. The molecular weight excluding hydrogens is 458 g/mol. The second-order valence-electron chi connectivity index (χ2n) is 7.46. The Morgan fingerprint density at radius 1 is 1.29 bits per heavy atom. The number of aryl methyl sites for hydroxylation is 1. The number of benzene rings is 2. The molecule has 7 nitrogen and oxygen atoms in total. The van der Waals surface area contributed by atoms with Crippen LogP contribution in [0.25, 0.3) is 10.2 Å². The average molecular weight is 480 g/mol. The largest absolute Gasteiger partial charge is 0.377 e. The zero-order chi connectivity index (χ0) is 22.2. The topological polar surface area (TPSA) is 88.6 Å². The second kappa shape index (κ2) is 8.84. The molecule has 0 saturated carbocycles. The number of fused-ring (bicyclic) bond motifs is 1. The van der Waals surface area contributed by atoms with Crippen LogP contribution in [0.3, 0.4) is 0 Å². The van der Waals surface area contributed by atoms with Crippen LogP contribution in [0.5, 0.6) is 0 Å². The first-order chi connectivity index (χ1) is 14.8. The Kier molecular flexibility index (Phi) is 6.32. The Hall–Kier alpha value is -2.04. The SMILES string of the molecule is Cc1ccc(Cl)c2sc(NC(=O)c3ccc(S(=O)(=O)N(C)CC4CCCO4)cc3)nc12. The molecule has 0 bridgehead atoms. The highest BCUT2D eigenvalue weighted by molar-refractivity contribution is 7.89. The summed E-state index contributed by atoms with van der Waals surface area (Å²) in [6.45, 7) is 2.91. The molecule has 0 spiro atoms. The minimum atomic E-state index is -3.66. The van der Waals surface area contributed by atoms with Crippen LogP contribution < -0.4 is 5.32 Å². The summed E-state index contributed by atoms with van der Waals surface area (Å²) in [5.41, 5.74) is 2.06. The Morgan fingerprint density at radius 3 is 2.68 bits per heavy atom. The predicted molar refractivity (Wildman–Crippen MR) is 123 cm³/mol. The average Bonchev–Trinajstić information content (AvgIpc) is 3.41. The van der Waals surface area contributed by atoms with E-state index in [2.05, 4.69) is 10.3 Å². The third-order valence-electron chi connectivity index (χ3n) is 5.23. The summed E-state index contributed by atoms with van der Waals surface area (Å²) >= 11 is 7.52. The van der Waals surface area contributed by atoms with Gasteiger partial charge in [0.25, 0.3) is 5.91 Å². The molecule has 1 N–H and O–H groups in total. The molecule has 0 aliphatic carbocycles. The lowest BCUT2D eigenvalue weighted by Crippen LogP contribution is -2.34. The summed E-state index contributed by atoms with van der Waals surface area (Å²) in [4.78, 5) is 17.2. The lowest BCUT2D eigenvalue weighted by atomic mass is 10.2. The molecule has 1 unspecified atom stereocenters. The van der Waals surface area contributed by atoms with E-state index in [1.54, 1.807) is 6.07 Å². The number of carbonyl (C=O) groups excluding carboxylic acids is 1. The van der Waals surface area contributed by atoms with Crippen LogP contribution >= 0.6 is 22.9 Å². The van der Waals surface area contributed by atoms with E-state index in [0.29, 0.717) is 28.9 Å². The number of hydrogen-bond donors (Lipinski definition) is 1. The summed E-state index contributed by atoms with van der Waals surface area (Å²) in [5.74, 6) is -0.371. The molecule has 1 aromatic heterocycles. The van der Waals surface area contributed by atoms with Gasteiger partial charge in [-0.2, -0.15) is 4.31 Å². The first kappa shape index (κ1) is 22.2. The number of hydrogen-bond acceptors (Lipinski definition) is 6. The van der Waals surface area contributed by atoms with Crippen LogP contribution in [0.1, 0.15) is 28.8 Å². The maximum Gasteiger partial charge on any atom is 0.257 e. The standard InChI is InChI=1S/C21H22ClN3O4S2/c1-13-5-10-17(22)19-18(13)23-21(30-19)24-20(26)14-6-8-16(9-7-14)31(27,28)25(2)12-15-4-3-11-29-15/h5-10,15H,3-4,11-12H2,1-2H3,(H,23,24,26). The first-order valence-corrected chi connectivity index (χ1v) is 12.4. The molecule has 1 amide bonds. The molecule has 3 aromatic rings. The number of amides is 1. The Bertz CT molecular complexity index is 1180. The van der Waals surface area contributed by atoms with Crippen molar-refractivity contribution in [3.05, 3.63) is 52.5 Å². The molecule has 164 valence electrons. The molecule has 4 rings (SSSR count). The second-order valence-corrected chi connectivity index (χ2v) is 10.9. The molecule has 1 saturated heterocycles. The van der Waals surface area contributed by atoms with Crippen LogP contribution in [0.4, 0.5) is 5.13 Å². The molecule has 1 fully saturated rings. The van der Waals surface area contributed by atoms with E-state index in [0.717, 1.165) is 28.6 Å². The third kappa shape index (κ3) is 4.61. The minimum Gasteiger partial charge on any atom is -0.377 e. The van der Waals surface area contributed by atoms with Crippen LogP contribution in [-0.2, 0) is 14.8 Å². The highest BCUT2D eigenvalue weighted by Gasteiger charge is 2.26. The molecule has 1 aliphatic rings. The van der Waals surface area contributed by atoms with Crippen molar-refractivity contribution >= 4 is 54.2 Å². The highest BCUT2D eigenvalue weighted by Crippen LogP contribution is 2.34. The van der Waals surface area contributed by atoms with Crippen LogP contribution in [0.2, 0.25) is 5.02 Å². The van der Waals surface area contributed by atoms with Gasteiger partial charge >= 0.3 is 0 Å². The number of carbonyl (C=O) groups is 1. The summed E-state index contributed by atoms with van der Waals surface area (Å²) in [5, 5.41) is 3.78. The van der Waals surface area contributed by atoms with Gasteiger partial charge in [0.1, 0.15) is 0 Å². The van der Waals surface area contributed by atoms with Crippen molar-refractivity contribution in [2.75, 3.05) is 25.5 Å². The van der Waals surface area contributed by atoms with Crippen molar-refractivity contribution in [2.45, 2.75) is 30.8 Å². The smallest absolute Gasteiger partial charge is 0.257 e. The molecule has 1 aliphatic heterocycles. The lowest BCUT2D eigenvalue weighted by molar-refractivity contribution is 0.0979. The van der Waals surface area contributed by atoms with Gasteiger partial charge in [-0.25, -0.2) is 13.4 Å². The number of ether oxygens (including phenoxy) is 1. The minimum absolute atomic E-state index is 0.0734. The van der Waals surface area contributed by atoms with E-state index >= 15 is 0 Å². The maximum absolute atomic E-state index is 12.8. The predicted octanol–water partition coefficient (Wildman–Crippen LogP) is 4.31. The number of aromatic nitrogens is 1. The number of anilines is 1. The van der Waals surface area contributed by atoms with Gasteiger partial charge in [-0.15, -0.1) is 0 Å². The number of halogens is 1. The van der Waals surface area contributed by atoms with Gasteiger partial charge in [0.05, 0.1) is 26.2 Å². The number of nitrogens with one attached hydrogen (secondary N) is 1. The van der Waals surface area contributed by atoms with Gasteiger partial charge in [0.15, 0.2) is 5.13 Å². The number of sulfonamides is 1. The molecular formula is C21H22ClN3O4S2. The number of nitrogens with zero attached hydrogens (tertiary/aromatic N) is 2. The van der Waals surface area contributed by atoms with Crippen molar-refractivity contribution in [1.82, 2.24) is 9.29 Å². The van der Waals surface area contributed by atoms with Crippen molar-refractivity contribution in [2.24, 2.45) is 0 Å². The molecule has 31 heavy (non-hydrogen) atoms. The van der Waals surface area contributed by atoms with Crippen molar-refractivity contribution in [3.63, 3.8) is 0 Å². The Morgan fingerprint density at radius 2 is 2.03 bits per heavy atom.